The molecule has 0 aromatic carbocycles. The summed E-state index contributed by atoms with van der Waals surface area (Å²) in [5, 5.41) is 10.6. The molecule has 0 spiro atoms. The van der Waals surface area contributed by atoms with Crippen molar-refractivity contribution in [1.82, 2.24) is 0 Å². The highest BCUT2D eigenvalue weighted by molar-refractivity contribution is 7.47. The monoisotopic (exact) mass is 1390 g/mol. The van der Waals surface area contributed by atoms with Crippen LogP contribution in [0, 0.1) is 0 Å². The van der Waals surface area contributed by atoms with E-state index in [0.717, 1.165) is 116 Å². The van der Waals surface area contributed by atoms with Crippen LogP contribution in [-0.2, 0) is 65.4 Å². The summed E-state index contributed by atoms with van der Waals surface area (Å²) in [5.74, 6) is -2.32. The smallest absolute Gasteiger partial charge is 0.462 e. The molecular weight excluding hydrogens is 1260 g/mol. The first kappa shape index (κ1) is 92.2. The molecule has 0 bridgehead atoms. The van der Waals surface area contributed by atoms with Gasteiger partial charge in [0, 0.05) is 19.3 Å². The van der Waals surface area contributed by atoms with Crippen molar-refractivity contribution >= 4 is 39.5 Å². The number of phosphoric ester groups is 2. The summed E-state index contributed by atoms with van der Waals surface area (Å²) < 4.78 is 68.3. The van der Waals surface area contributed by atoms with Gasteiger partial charge in [0.25, 0.3) is 0 Å². The molecule has 19 heteroatoms. The fraction of sp³-hybridized carbons (Fsp3) is 0.766. The van der Waals surface area contributed by atoms with Gasteiger partial charge in [-0.25, -0.2) is 9.13 Å². The molecule has 3 N–H and O–H groups in total. The molecule has 0 saturated heterocycles. The molecule has 0 aliphatic carbocycles. The lowest BCUT2D eigenvalue weighted by atomic mass is 10.0. The van der Waals surface area contributed by atoms with Crippen molar-refractivity contribution in [3.05, 3.63) is 85.1 Å². The van der Waals surface area contributed by atoms with Gasteiger partial charge in [-0.2, -0.15) is 0 Å². The van der Waals surface area contributed by atoms with Crippen molar-refractivity contribution in [1.29, 1.82) is 0 Å². The van der Waals surface area contributed by atoms with E-state index in [9.17, 15) is 43.2 Å². The average Bonchev–Trinajstić information content (AvgIpc) is 1.36. The van der Waals surface area contributed by atoms with Crippen LogP contribution in [0.15, 0.2) is 85.1 Å². The normalized spacial score (nSPS) is 14.4. The van der Waals surface area contributed by atoms with Crippen LogP contribution in [0.1, 0.15) is 323 Å². The number of aliphatic hydroxyl groups is 1. The Kier molecular flexibility index (Phi) is 67.0. The van der Waals surface area contributed by atoms with Gasteiger partial charge in [0.2, 0.25) is 0 Å². The van der Waals surface area contributed by atoms with Gasteiger partial charge in [0.05, 0.1) is 32.8 Å². The molecule has 0 heterocycles. The third-order valence-electron chi connectivity index (χ3n) is 15.9. The predicted molar refractivity (Wildman–Crippen MR) is 390 cm³/mol. The first-order valence-corrected chi connectivity index (χ1v) is 40.8. The molecular formula is C77H136O17P2. The summed E-state index contributed by atoms with van der Waals surface area (Å²) in [6, 6.07) is 0. The van der Waals surface area contributed by atoms with Gasteiger partial charge in [-0.1, -0.05) is 299 Å². The molecule has 5 atom stereocenters. The second-order valence-corrected chi connectivity index (χ2v) is 28.1. The van der Waals surface area contributed by atoms with Crippen molar-refractivity contribution < 1.29 is 80.2 Å². The van der Waals surface area contributed by atoms with Crippen LogP contribution in [0.3, 0.4) is 0 Å². The molecule has 0 fully saturated rings. The Morgan fingerprint density at radius 3 is 0.948 bits per heavy atom. The molecule has 0 saturated carbocycles. The van der Waals surface area contributed by atoms with Gasteiger partial charge in [-0.15, -0.1) is 0 Å². The highest BCUT2D eigenvalue weighted by atomic mass is 31.2. The second-order valence-electron chi connectivity index (χ2n) is 25.2. The van der Waals surface area contributed by atoms with Gasteiger partial charge in [0.15, 0.2) is 12.2 Å². The molecule has 0 aromatic rings. The van der Waals surface area contributed by atoms with Crippen molar-refractivity contribution in [2.75, 3.05) is 39.6 Å². The Labute approximate surface area is 583 Å². The van der Waals surface area contributed by atoms with Crippen LogP contribution in [-0.4, -0.2) is 96.7 Å². The summed E-state index contributed by atoms with van der Waals surface area (Å²) in [6.45, 7) is 4.64. The van der Waals surface area contributed by atoms with E-state index in [-0.39, 0.29) is 25.7 Å². The molecule has 0 rings (SSSR count). The van der Waals surface area contributed by atoms with Crippen molar-refractivity contribution in [2.45, 2.75) is 341 Å². The van der Waals surface area contributed by atoms with Crippen LogP contribution in [0.25, 0.3) is 0 Å². The average molecular weight is 1400 g/mol. The number of rotatable bonds is 71. The minimum absolute atomic E-state index is 0.0608. The van der Waals surface area contributed by atoms with E-state index < -0.39 is 97.5 Å². The van der Waals surface area contributed by atoms with E-state index in [4.69, 9.17) is 37.0 Å². The highest BCUT2D eigenvalue weighted by Crippen LogP contribution is 2.45. The maximum atomic E-state index is 13.1. The number of allylic oxidation sites excluding steroid dienone is 13. The fourth-order valence-electron chi connectivity index (χ4n) is 10.1. The first-order valence-electron chi connectivity index (χ1n) is 37.8. The van der Waals surface area contributed by atoms with E-state index >= 15 is 0 Å². The minimum atomic E-state index is -4.99. The van der Waals surface area contributed by atoms with Gasteiger partial charge in [-0.05, 0) is 83.5 Å². The highest BCUT2D eigenvalue weighted by Gasteiger charge is 2.30. The zero-order chi connectivity index (χ0) is 70.4. The summed E-state index contributed by atoms with van der Waals surface area (Å²) in [7, 11) is -9.96. The van der Waals surface area contributed by atoms with Gasteiger partial charge in [0.1, 0.15) is 19.3 Å². The quantitative estimate of drug-likeness (QED) is 0.0169. The van der Waals surface area contributed by atoms with Crippen molar-refractivity contribution in [3.63, 3.8) is 0 Å². The summed E-state index contributed by atoms with van der Waals surface area (Å²) in [6.07, 6.45) is 70.3. The number of aliphatic hydroxyl groups excluding tert-OH is 1. The standard InChI is InChI=1S/C77H136O17P2/c1-5-9-13-17-21-25-29-33-35-39-42-46-50-54-58-62-75(80)88-68-73(94-77(82)64-60-56-52-48-44-40-36-34-30-26-22-18-14-10-6-2)70-92-96(85,86)90-66-71(78)65-89-95(83,84)91-69-72(93-76(81)63-59-55-51-47-43-38-32-28-24-20-16-12-8-4)67-87-74(79)61-57-53-49-45-41-37-31-27-23-19-15-11-7-3/h9,13,21-22,25-26,33-36,42,46,54,58,71-73,78H,5-8,10-12,14-20,23-24,27-32,37-41,43-45,47-53,55-57,59-70H2,1-4H3,(H,83,84)(H,85,86)/b13-9-,25-21-,26-22-,35-33-,36-34-,46-42-,58-54-. The minimum Gasteiger partial charge on any atom is -0.462 e. The molecule has 0 amide bonds. The van der Waals surface area contributed by atoms with Gasteiger partial charge in [-0.3, -0.25) is 37.3 Å². The third kappa shape index (κ3) is 68.8. The van der Waals surface area contributed by atoms with E-state index in [1.165, 1.54) is 128 Å². The van der Waals surface area contributed by atoms with Crippen LogP contribution >= 0.6 is 15.6 Å². The number of unbranched alkanes of at least 4 members (excludes halogenated alkanes) is 32. The maximum Gasteiger partial charge on any atom is 0.472 e. The molecule has 5 unspecified atom stereocenters. The van der Waals surface area contributed by atoms with Crippen molar-refractivity contribution in [3.8, 4) is 0 Å². The SMILES string of the molecule is CC/C=C\C/C=C\C/C=C\C/C=C\C/C=C\CC(=O)OCC(COP(=O)(O)OCC(O)COP(=O)(O)OCC(COC(=O)CCCCCCCCCCCCCCC)OC(=O)CCCCCCCCCCCCCCC)OC(=O)CCCCCCC/C=C\C/C=C\CCCCC. The Balaban J connectivity index is 5.40. The summed E-state index contributed by atoms with van der Waals surface area (Å²) in [4.78, 5) is 72.7. The van der Waals surface area contributed by atoms with E-state index in [1.54, 1.807) is 6.08 Å². The molecule has 96 heavy (non-hydrogen) atoms. The molecule has 556 valence electrons. The molecule has 0 aliphatic heterocycles. The Morgan fingerprint density at radius 1 is 0.312 bits per heavy atom. The van der Waals surface area contributed by atoms with Crippen LogP contribution < -0.4 is 0 Å². The number of ether oxygens (including phenoxy) is 4. The Hall–Kier alpha value is -3.76. The summed E-state index contributed by atoms with van der Waals surface area (Å²) in [5.41, 5.74) is 0. The number of esters is 4. The lowest BCUT2D eigenvalue weighted by molar-refractivity contribution is -0.161. The van der Waals surface area contributed by atoms with Crippen LogP contribution in [0.2, 0.25) is 0 Å². The van der Waals surface area contributed by atoms with E-state index in [2.05, 4.69) is 88.5 Å². The zero-order valence-electron chi connectivity index (χ0n) is 60.5. The molecule has 0 radical (unpaired) electrons. The molecule has 17 nitrogen and oxygen atoms in total. The lowest BCUT2D eigenvalue weighted by Gasteiger charge is -2.21. The number of phosphoric acid groups is 2. The number of hydrogen-bond acceptors (Lipinski definition) is 15. The largest absolute Gasteiger partial charge is 0.472 e. The lowest BCUT2D eigenvalue weighted by Crippen LogP contribution is -2.30. The number of carbonyl (C=O) groups excluding carboxylic acids is 4. The zero-order valence-corrected chi connectivity index (χ0v) is 62.3. The molecule has 0 aliphatic rings. The van der Waals surface area contributed by atoms with Crippen LogP contribution in [0.5, 0.6) is 0 Å². The maximum absolute atomic E-state index is 13.1. The second kappa shape index (κ2) is 69.7. The summed E-state index contributed by atoms with van der Waals surface area (Å²) >= 11 is 0. The van der Waals surface area contributed by atoms with Gasteiger partial charge < -0.3 is 33.8 Å². The predicted octanol–water partition coefficient (Wildman–Crippen LogP) is 21.4. The third-order valence-corrected chi connectivity index (χ3v) is 17.8. The van der Waals surface area contributed by atoms with E-state index in [1.807, 2.05) is 18.2 Å². The van der Waals surface area contributed by atoms with Crippen molar-refractivity contribution in [2.24, 2.45) is 0 Å². The first-order chi connectivity index (χ1) is 46.7. The van der Waals surface area contributed by atoms with Crippen LogP contribution in [0.4, 0.5) is 0 Å². The fourth-order valence-corrected chi connectivity index (χ4v) is 11.7. The Morgan fingerprint density at radius 2 is 0.583 bits per heavy atom. The number of carbonyl (C=O) groups is 4. The topological polar surface area (TPSA) is 237 Å². The Bertz CT molecular complexity index is 2160. The molecule has 0 aromatic heterocycles. The van der Waals surface area contributed by atoms with Gasteiger partial charge >= 0.3 is 39.5 Å². The van der Waals surface area contributed by atoms with E-state index in [0.29, 0.717) is 25.7 Å². The number of hydrogen-bond donors (Lipinski definition) is 3.